The van der Waals surface area contributed by atoms with Crippen LogP contribution in [0.15, 0.2) is 48.5 Å². The highest BCUT2D eigenvalue weighted by Crippen LogP contribution is 2.28. The molecule has 3 rings (SSSR count). The minimum absolute atomic E-state index is 0.144. The molecule has 6 heteroatoms. The molecule has 0 aromatic heterocycles. The van der Waals surface area contributed by atoms with Crippen molar-refractivity contribution in [3.05, 3.63) is 58.6 Å². The van der Waals surface area contributed by atoms with Crippen LogP contribution < -0.4 is 15.0 Å². The van der Waals surface area contributed by atoms with Crippen molar-refractivity contribution in [1.29, 1.82) is 0 Å². The van der Waals surface area contributed by atoms with Crippen LogP contribution in [0, 0.1) is 5.92 Å². The van der Waals surface area contributed by atoms with Gasteiger partial charge in [-0.25, -0.2) is 0 Å². The van der Waals surface area contributed by atoms with E-state index in [0.717, 1.165) is 19.5 Å². The highest BCUT2D eigenvalue weighted by Gasteiger charge is 2.24. The van der Waals surface area contributed by atoms with Crippen LogP contribution in [0.1, 0.15) is 13.3 Å². The van der Waals surface area contributed by atoms with Gasteiger partial charge in [0.1, 0.15) is 5.75 Å². The molecule has 0 bridgehead atoms. The third-order valence-corrected chi connectivity index (χ3v) is 5.07. The number of carbonyl (C=O) groups excluding carboxylic acids is 1. The third-order valence-electron chi connectivity index (χ3n) is 4.54. The van der Waals surface area contributed by atoms with Crippen molar-refractivity contribution in [3.8, 4) is 5.75 Å². The first-order chi connectivity index (χ1) is 12.5. The van der Waals surface area contributed by atoms with Crippen LogP contribution in [0.2, 0.25) is 10.0 Å². The molecule has 0 saturated carbocycles. The molecule has 2 aromatic carbocycles. The fourth-order valence-corrected chi connectivity index (χ4v) is 3.53. The first-order valence-corrected chi connectivity index (χ1v) is 9.48. The highest BCUT2D eigenvalue weighted by atomic mass is 35.5. The van der Waals surface area contributed by atoms with Gasteiger partial charge in [-0.05, 0) is 49.6 Å². The molecule has 1 aliphatic rings. The average molecular weight is 393 g/mol. The lowest BCUT2D eigenvalue weighted by Crippen LogP contribution is -2.39. The molecule has 26 heavy (non-hydrogen) atoms. The van der Waals surface area contributed by atoms with Crippen LogP contribution in [-0.4, -0.2) is 31.6 Å². The fourth-order valence-electron chi connectivity index (χ4n) is 3.08. The Balaban J connectivity index is 1.46. The Hall–Kier alpha value is -1.91. The summed E-state index contributed by atoms with van der Waals surface area (Å²) in [5.74, 6) is 0.745. The summed E-state index contributed by atoms with van der Waals surface area (Å²) in [7, 11) is 0. The van der Waals surface area contributed by atoms with Crippen LogP contribution in [0.5, 0.6) is 5.75 Å². The summed E-state index contributed by atoms with van der Waals surface area (Å²) >= 11 is 12.0. The molecule has 0 spiro atoms. The monoisotopic (exact) mass is 392 g/mol. The van der Waals surface area contributed by atoms with Gasteiger partial charge < -0.3 is 15.0 Å². The van der Waals surface area contributed by atoms with Gasteiger partial charge in [-0.2, -0.15) is 0 Å². The van der Waals surface area contributed by atoms with E-state index in [1.165, 1.54) is 5.69 Å². The second kappa shape index (κ2) is 8.65. The van der Waals surface area contributed by atoms with Gasteiger partial charge in [0.25, 0.3) is 5.91 Å². The third kappa shape index (κ3) is 4.83. The standard InChI is InChI=1S/C20H22Cl2N2O2/c1-14(26-19-8-7-16(21)11-18(19)22)20(25)23-12-15-9-10-24(13-15)17-5-3-2-4-6-17/h2-8,11,14-15H,9-10,12-13H2,1H3,(H,23,25). The van der Waals surface area contributed by atoms with Crippen molar-refractivity contribution in [2.75, 3.05) is 24.5 Å². The van der Waals surface area contributed by atoms with E-state index >= 15 is 0 Å². The van der Waals surface area contributed by atoms with E-state index in [0.29, 0.717) is 28.3 Å². The Morgan fingerprint density at radius 2 is 2.04 bits per heavy atom. The smallest absolute Gasteiger partial charge is 0.260 e. The number of nitrogens with one attached hydrogen (secondary N) is 1. The van der Waals surface area contributed by atoms with E-state index in [1.807, 2.05) is 18.2 Å². The largest absolute Gasteiger partial charge is 0.479 e. The van der Waals surface area contributed by atoms with Gasteiger partial charge in [-0.15, -0.1) is 0 Å². The molecule has 0 aliphatic carbocycles. The Morgan fingerprint density at radius 1 is 1.27 bits per heavy atom. The molecule has 0 radical (unpaired) electrons. The molecule has 1 fully saturated rings. The molecule has 2 aromatic rings. The molecular formula is C20H22Cl2N2O2. The summed E-state index contributed by atoms with van der Waals surface area (Å²) in [6.07, 6.45) is 0.438. The number of carbonyl (C=O) groups is 1. The van der Waals surface area contributed by atoms with Gasteiger partial charge in [0.05, 0.1) is 5.02 Å². The van der Waals surface area contributed by atoms with Crippen LogP contribution in [0.4, 0.5) is 5.69 Å². The summed E-state index contributed by atoms with van der Waals surface area (Å²) in [5.41, 5.74) is 1.23. The van der Waals surface area contributed by atoms with Gasteiger partial charge in [0.2, 0.25) is 0 Å². The quantitative estimate of drug-likeness (QED) is 0.791. The minimum atomic E-state index is -0.625. The summed E-state index contributed by atoms with van der Waals surface area (Å²) < 4.78 is 5.65. The first kappa shape index (κ1) is 18.9. The number of para-hydroxylation sites is 1. The molecule has 138 valence electrons. The van der Waals surface area contributed by atoms with Gasteiger partial charge >= 0.3 is 0 Å². The maximum atomic E-state index is 12.3. The van der Waals surface area contributed by atoms with E-state index in [9.17, 15) is 4.79 Å². The molecule has 1 heterocycles. The van der Waals surface area contributed by atoms with Crippen molar-refractivity contribution >= 4 is 34.8 Å². The van der Waals surface area contributed by atoms with E-state index in [2.05, 4.69) is 22.3 Å². The molecule has 4 nitrogen and oxygen atoms in total. The van der Waals surface area contributed by atoms with Crippen LogP contribution in [0.3, 0.4) is 0 Å². The lowest BCUT2D eigenvalue weighted by atomic mass is 10.1. The SMILES string of the molecule is CC(Oc1ccc(Cl)cc1Cl)C(=O)NCC1CCN(c2ccccc2)C1. The van der Waals surface area contributed by atoms with Crippen LogP contribution >= 0.6 is 23.2 Å². The van der Waals surface area contributed by atoms with Crippen molar-refractivity contribution < 1.29 is 9.53 Å². The zero-order chi connectivity index (χ0) is 18.5. The maximum Gasteiger partial charge on any atom is 0.260 e. The number of hydrogen-bond donors (Lipinski definition) is 1. The molecule has 1 amide bonds. The van der Waals surface area contributed by atoms with Gasteiger partial charge in [-0.1, -0.05) is 41.4 Å². The minimum Gasteiger partial charge on any atom is -0.479 e. The number of rotatable bonds is 6. The Bertz CT molecular complexity index is 755. The topological polar surface area (TPSA) is 41.6 Å². The van der Waals surface area contributed by atoms with Crippen molar-refractivity contribution in [3.63, 3.8) is 0 Å². The second-order valence-corrected chi connectivity index (χ2v) is 7.36. The van der Waals surface area contributed by atoms with Gasteiger partial charge in [0.15, 0.2) is 6.10 Å². The zero-order valence-electron chi connectivity index (χ0n) is 14.6. The molecule has 2 atom stereocenters. The molecule has 1 aliphatic heterocycles. The van der Waals surface area contributed by atoms with Gasteiger partial charge in [0, 0.05) is 30.3 Å². The second-order valence-electron chi connectivity index (χ2n) is 6.52. The number of nitrogens with zero attached hydrogens (tertiary/aromatic N) is 1. The molecule has 1 saturated heterocycles. The van der Waals surface area contributed by atoms with E-state index in [1.54, 1.807) is 25.1 Å². The Labute approximate surface area is 164 Å². The average Bonchev–Trinajstić information content (AvgIpc) is 3.11. The number of hydrogen-bond acceptors (Lipinski definition) is 3. The van der Waals surface area contributed by atoms with E-state index in [-0.39, 0.29) is 5.91 Å². The first-order valence-electron chi connectivity index (χ1n) is 8.72. The van der Waals surface area contributed by atoms with Crippen molar-refractivity contribution in [2.24, 2.45) is 5.92 Å². The zero-order valence-corrected chi connectivity index (χ0v) is 16.1. The number of halogens is 2. The summed E-state index contributed by atoms with van der Waals surface area (Å²) in [5, 5.41) is 3.91. The molecule has 1 N–H and O–H groups in total. The van der Waals surface area contributed by atoms with Crippen molar-refractivity contribution in [1.82, 2.24) is 5.32 Å². The lowest BCUT2D eigenvalue weighted by molar-refractivity contribution is -0.127. The number of benzene rings is 2. The number of ether oxygens (including phenoxy) is 1. The van der Waals surface area contributed by atoms with E-state index in [4.69, 9.17) is 27.9 Å². The van der Waals surface area contributed by atoms with Crippen LogP contribution in [0.25, 0.3) is 0 Å². The van der Waals surface area contributed by atoms with E-state index < -0.39 is 6.10 Å². The summed E-state index contributed by atoms with van der Waals surface area (Å²) in [6, 6.07) is 15.3. The Morgan fingerprint density at radius 3 is 2.77 bits per heavy atom. The number of amides is 1. The number of anilines is 1. The normalized spacial score (nSPS) is 17.8. The summed E-state index contributed by atoms with van der Waals surface area (Å²) in [4.78, 5) is 14.7. The Kier molecular flexibility index (Phi) is 6.28. The lowest BCUT2D eigenvalue weighted by Gasteiger charge is -2.19. The van der Waals surface area contributed by atoms with Crippen LogP contribution in [-0.2, 0) is 4.79 Å². The molecule has 2 unspecified atom stereocenters. The predicted octanol–water partition coefficient (Wildman–Crippen LogP) is 4.40. The maximum absolute atomic E-state index is 12.3. The predicted molar refractivity (Wildman–Crippen MR) is 106 cm³/mol. The van der Waals surface area contributed by atoms with Gasteiger partial charge in [-0.3, -0.25) is 4.79 Å². The summed E-state index contributed by atoms with van der Waals surface area (Å²) in [6.45, 7) is 4.31. The fraction of sp³-hybridized carbons (Fsp3) is 0.350. The highest BCUT2D eigenvalue weighted by molar-refractivity contribution is 6.35. The molecular weight excluding hydrogens is 371 g/mol. The van der Waals surface area contributed by atoms with Crippen molar-refractivity contribution in [2.45, 2.75) is 19.4 Å².